The number of nitrogens with two attached hydrogens (primary N) is 2. The van der Waals surface area contributed by atoms with Crippen molar-refractivity contribution in [3.63, 3.8) is 0 Å². The highest BCUT2D eigenvalue weighted by molar-refractivity contribution is 5.95. The third-order valence-corrected chi connectivity index (χ3v) is 3.20. The number of carbonyl (C=O) groups is 7. The summed E-state index contributed by atoms with van der Waals surface area (Å²) in [6.45, 7) is -0.811. The monoisotopic (exact) mass is 419 g/mol. The Labute approximate surface area is 162 Å². The van der Waals surface area contributed by atoms with E-state index in [-0.39, 0.29) is 0 Å². The predicted octanol–water partition coefficient (Wildman–Crippen LogP) is -4.69. The van der Waals surface area contributed by atoms with E-state index in [9.17, 15) is 33.6 Å². The van der Waals surface area contributed by atoms with Crippen molar-refractivity contribution < 1.29 is 48.9 Å². The van der Waals surface area contributed by atoms with E-state index in [1.54, 1.807) is 0 Å². The Morgan fingerprint density at radius 1 is 0.759 bits per heavy atom. The summed E-state index contributed by atoms with van der Waals surface area (Å²) in [4.78, 5) is 78.6. The number of amides is 4. The number of carbonyl (C=O) groups excluding carboxylic acids is 4. The van der Waals surface area contributed by atoms with Gasteiger partial charge in [0.25, 0.3) is 0 Å². The molecule has 0 heterocycles. The van der Waals surface area contributed by atoms with Crippen molar-refractivity contribution >= 4 is 41.5 Å². The second-order valence-electron chi connectivity index (χ2n) is 5.71. The van der Waals surface area contributed by atoms with Crippen LogP contribution >= 0.6 is 0 Å². The molecule has 0 fully saturated rings. The van der Waals surface area contributed by atoms with Gasteiger partial charge in [-0.1, -0.05) is 0 Å². The molecule has 0 aromatic heterocycles. The normalized spacial score (nSPS) is 13.3. The van der Waals surface area contributed by atoms with Gasteiger partial charge in [0.1, 0.15) is 12.1 Å². The van der Waals surface area contributed by atoms with Crippen LogP contribution in [0, 0.1) is 0 Å². The van der Waals surface area contributed by atoms with E-state index in [2.05, 4.69) is 0 Å². The Balaban J connectivity index is 4.89. The third kappa shape index (κ3) is 10.9. The summed E-state index contributed by atoms with van der Waals surface area (Å²) in [5, 5.41) is 32.1. The highest BCUT2D eigenvalue weighted by atomic mass is 16.4. The summed E-state index contributed by atoms with van der Waals surface area (Å²) in [5.74, 6) is -8.70. The number of primary amides is 1. The largest absolute Gasteiger partial charge is 0.481 e. The van der Waals surface area contributed by atoms with Gasteiger partial charge in [-0.05, 0) is 0 Å². The Morgan fingerprint density at radius 2 is 1.31 bits per heavy atom. The third-order valence-electron chi connectivity index (χ3n) is 3.20. The first-order valence-corrected chi connectivity index (χ1v) is 7.91. The van der Waals surface area contributed by atoms with Crippen LogP contribution in [0.1, 0.15) is 19.3 Å². The molecule has 0 aliphatic carbocycles. The topological polar surface area (TPSA) is 268 Å². The Kier molecular flexibility index (Phi) is 10.3. The minimum absolute atomic E-state index is 0.700. The maximum atomic E-state index is 12.0. The van der Waals surface area contributed by atoms with Crippen molar-refractivity contribution in [2.75, 3.05) is 6.54 Å². The van der Waals surface area contributed by atoms with Gasteiger partial charge < -0.3 is 42.7 Å². The number of carboxylic acid groups (broad SMARTS) is 3. The van der Waals surface area contributed by atoms with Gasteiger partial charge in [0, 0.05) is 0 Å². The van der Waals surface area contributed by atoms with Gasteiger partial charge >= 0.3 is 17.9 Å². The van der Waals surface area contributed by atoms with Crippen LogP contribution < -0.4 is 27.4 Å². The summed E-state index contributed by atoms with van der Waals surface area (Å²) in [5.41, 5.74) is 10.2. The summed E-state index contributed by atoms with van der Waals surface area (Å²) in [6, 6.07) is -4.88. The summed E-state index contributed by atoms with van der Waals surface area (Å²) in [6.07, 6.45) is -2.38. The van der Waals surface area contributed by atoms with Gasteiger partial charge in [-0.2, -0.15) is 0 Å². The minimum atomic E-state index is -1.69. The van der Waals surface area contributed by atoms with Gasteiger partial charge in [0.05, 0.1) is 31.8 Å². The van der Waals surface area contributed by atoms with E-state index in [4.69, 9.17) is 26.8 Å². The van der Waals surface area contributed by atoms with Crippen molar-refractivity contribution in [1.29, 1.82) is 0 Å². The molecule has 10 N–H and O–H groups in total. The highest BCUT2D eigenvalue weighted by Crippen LogP contribution is 1.97. The van der Waals surface area contributed by atoms with Crippen molar-refractivity contribution in [3.05, 3.63) is 0 Å². The van der Waals surface area contributed by atoms with E-state index >= 15 is 0 Å². The first-order valence-electron chi connectivity index (χ1n) is 7.91. The molecule has 0 aliphatic rings. The van der Waals surface area contributed by atoms with Crippen LogP contribution in [-0.4, -0.2) is 81.5 Å². The average Bonchev–Trinajstić information content (AvgIpc) is 2.56. The zero-order valence-corrected chi connectivity index (χ0v) is 14.9. The fourth-order valence-electron chi connectivity index (χ4n) is 1.88. The smallest absolute Gasteiger partial charge is 0.326 e. The fourth-order valence-corrected chi connectivity index (χ4v) is 1.88. The number of carboxylic acids is 3. The van der Waals surface area contributed by atoms with Gasteiger partial charge in [-0.3, -0.25) is 28.8 Å². The summed E-state index contributed by atoms with van der Waals surface area (Å²) >= 11 is 0. The van der Waals surface area contributed by atoms with Crippen LogP contribution in [-0.2, 0) is 33.6 Å². The van der Waals surface area contributed by atoms with Crippen LogP contribution in [0.15, 0.2) is 0 Å². The van der Waals surface area contributed by atoms with E-state index in [1.807, 2.05) is 16.0 Å². The molecule has 3 atom stereocenters. The molecule has 4 amide bonds. The number of hydrogen-bond acceptors (Lipinski definition) is 8. The number of rotatable bonds is 13. The molecule has 0 aliphatic heterocycles. The molecular weight excluding hydrogens is 398 g/mol. The van der Waals surface area contributed by atoms with Crippen molar-refractivity contribution in [2.45, 2.75) is 37.4 Å². The van der Waals surface area contributed by atoms with Crippen molar-refractivity contribution in [2.24, 2.45) is 11.5 Å². The van der Waals surface area contributed by atoms with Gasteiger partial charge in [-0.25, -0.2) is 4.79 Å². The molecule has 3 unspecified atom stereocenters. The number of aliphatic carboxylic acids is 3. The maximum Gasteiger partial charge on any atom is 0.326 e. The van der Waals surface area contributed by atoms with E-state index < -0.39 is 85.5 Å². The summed E-state index contributed by atoms with van der Waals surface area (Å²) < 4.78 is 0. The van der Waals surface area contributed by atoms with E-state index in [0.717, 1.165) is 0 Å². The Bertz CT molecular complexity index is 694. The molecule has 0 saturated heterocycles. The first-order chi connectivity index (χ1) is 13.3. The zero-order chi connectivity index (χ0) is 22.7. The van der Waals surface area contributed by atoms with Crippen LogP contribution in [0.25, 0.3) is 0 Å². The predicted molar refractivity (Wildman–Crippen MR) is 90.8 cm³/mol. The Morgan fingerprint density at radius 3 is 1.76 bits per heavy atom. The molecule has 0 radical (unpaired) electrons. The standard InChI is InChI=1S/C14H21N5O10/c15-5(1-10(22)23)12(26)19-6(3-11(24)25)13(27)17-4-9(21)18-7(14(28)29)2-8(16)20/h5-7H,1-4,15H2,(H2,16,20)(H,17,27)(H,18,21)(H,19,26)(H,22,23)(H,24,25)(H,28,29). The molecule has 0 spiro atoms. The molecular formula is C14H21N5O10. The first kappa shape index (κ1) is 25.2. The van der Waals surface area contributed by atoms with E-state index in [0.29, 0.717) is 0 Å². The SMILES string of the molecule is NC(=O)CC(NC(=O)CNC(=O)C(CC(=O)O)NC(=O)C(N)CC(=O)O)C(=O)O. The van der Waals surface area contributed by atoms with Gasteiger partial charge in [-0.15, -0.1) is 0 Å². The quantitative estimate of drug-likeness (QED) is 0.140. The molecule has 0 bridgehead atoms. The Hall–Kier alpha value is -3.75. The number of nitrogens with one attached hydrogen (secondary N) is 3. The van der Waals surface area contributed by atoms with Gasteiger partial charge in [0.2, 0.25) is 23.6 Å². The van der Waals surface area contributed by atoms with Crippen LogP contribution in [0.4, 0.5) is 0 Å². The van der Waals surface area contributed by atoms with Crippen LogP contribution in [0.3, 0.4) is 0 Å². The summed E-state index contributed by atoms with van der Waals surface area (Å²) in [7, 11) is 0. The maximum absolute atomic E-state index is 12.0. The second kappa shape index (κ2) is 11.9. The molecule has 15 heteroatoms. The fraction of sp³-hybridized carbons (Fsp3) is 0.500. The lowest BCUT2D eigenvalue weighted by Crippen LogP contribution is -2.54. The number of hydrogen-bond donors (Lipinski definition) is 8. The molecule has 0 rings (SSSR count). The zero-order valence-electron chi connectivity index (χ0n) is 14.9. The van der Waals surface area contributed by atoms with Crippen LogP contribution in [0.5, 0.6) is 0 Å². The van der Waals surface area contributed by atoms with Gasteiger partial charge in [0.15, 0.2) is 0 Å². The second-order valence-corrected chi connectivity index (χ2v) is 5.71. The molecule has 15 nitrogen and oxygen atoms in total. The highest BCUT2D eigenvalue weighted by Gasteiger charge is 2.28. The van der Waals surface area contributed by atoms with Crippen molar-refractivity contribution in [1.82, 2.24) is 16.0 Å². The van der Waals surface area contributed by atoms with Crippen LogP contribution in [0.2, 0.25) is 0 Å². The van der Waals surface area contributed by atoms with Crippen molar-refractivity contribution in [3.8, 4) is 0 Å². The van der Waals surface area contributed by atoms with E-state index in [1.165, 1.54) is 0 Å². The molecule has 0 aromatic carbocycles. The molecule has 0 saturated carbocycles. The minimum Gasteiger partial charge on any atom is -0.481 e. The lowest BCUT2D eigenvalue weighted by Gasteiger charge is -2.19. The lowest BCUT2D eigenvalue weighted by atomic mass is 10.1. The molecule has 29 heavy (non-hydrogen) atoms. The lowest BCUT2D eigenvalue weighted by molar-refractivity contribution is -0.143. The molecule has 162 valence electrons. The average molecular weight is 419 g/mol. The molecule has 0 aromatic rings.